The maximum absolute atomic E-state index is 4.74. The zero-order valence-electron chi connectivity index (χ0n) is 12.2. The van der Waals surface area contributed by atoms with Gasteiger partial charge in [-0.05, 0) is 19.8 Å². The fourth-order valence-corrected chi connectivity index (χ4v) is 1.90. The van der Waals surface area contributed by atoms with Crippen LogP contribution in [0.2, 0.25) is 0 Å². The molecular formula is C13H30O3Si. The van der Waals surface area contributed by atoms with Crippen molar-refractivity contribution in [1.82, 2.24) is 0 Å². The number of hydrogen-bond donors (Lipinski definition) is 0. The fraction of sp³-hybridized carbons (Fsp3) is 0.846. The van der Waals surface area contributed by atoms with Crippen LogP contribution >= 0.6 is 0 Å². The van der Waals surface area contributed by atoms with E-state index in [0.717, 1.165) is 0 Å². The van der Waals surface area contributed by atoms with Crippen molar-refractivity contribution < 1.29 is 13.3 Å². The van der Waals surface area contributed by atoms with Crippen LogP contribution in [0.15, 0.2) is 12.2 Å². The molecule has 0 spiro atoms. The summed E-state index contributed by atoms with van der Waals surface area (Å²) >= 11 is 0. The highest BCUT2D eigenvalue weighted by atomic mass is 28.3. The molecule has 0 aromatic rings. The van der Waals surface area contributed by atoms with Crippen LogP contribution in [-0.4, -0.2) is 30.9 Å². The van der Waals surface area contributed by atoms with Gasteiger partial charge in [0, 0.05) is 21.3 Å². The van der Waals surface area contributed by atoms with E-state index in [1.807, 2.05) is 0 Å². The van der Waals surface area contributed by atoms with E-state index < -0.39 is 9.53 Å². The van der Waals surface area contributed by atoms with Gasteiger partial charge in [-0.25, -0.2) is 0 Å². The van der Waals surface area contributed by atoms with Crippen molar-refractivity contribution in [1.29, 1.82) is 0 Å². The normalized spacial score (nSPS) is 10.7. The molecule has 3 nitrogen and oxygen atoms in total. The third kappa shape index (κ3) is 18.4. The third-order valence-electron chi connectivity index (χ3n) is 2.29. The van der Waals surface area contributed by atoms with Gasteiger partial charge in [-0.3, -0.25) is 0 Å². The van der Waals surface area contributed by atoms with Gasteiger partial charge in [0.05, 0.1) is 0 Å². The average molecular weight is 262 g/mol. The minimum absolute atomic E-state index is 1.28. The third-order valence-corrected chi connectivity index (χ3v) is 3.44. The first-order valence-electron chi connectivity index (χ1n) is 6.46. The lowest BCUT2D eigenvalue weighted by atomic mass is 10.1. The van der Waals surface area contributed by atoms with Gasteiger partial charge in [-0.1, -0.05) is 44.8 Å². The van der Waals surface area contributed by atoms with E-state index in [1.54, 1.807) is 21.3 Å². The van der Waals surface area contributed by atoms with Gasteiger partial charge in [-0.15, -0.1) is 0 Å². The molecule has 0 amide bonds. The van der Waals surface area contributed by atoms with Crippen molar-refractivity contribution in [2.24, 2.45) is 0 Å². The highest BCUT2D eigenvalue weighted by molar-refractivity contribution is 6.36. The Hall–Kier alpha value is -0.163. The van der Waals surface area contributed by atoms with Crippen molar-refractivity contribution >= 4 is 9.53 Å². The minimum Gasteiger partial charge on any atom is -0.379 e. The minimum atomic E-state index is -1.67. The van der Waals surface area contributed by atoms with E-state index in [4.69, 9.17) is 13.3 Å². The lowest BCUT2D eigenvalue weighted by Crippen LogP contribution is -2.21. The van der Waals surface area contributed by atoms with Crippen molar-refractivity contribution in [3.63, 3.8) is 0 Å². The largest absolute Gasteiger partial charge is 0.483 e. The molecule has 0 aromatic carbocycles. The van der Waals surface area contributed by atoms with E-state index in [-0.39, 0.29) is 0 Å². The zero-order chi connectivity index (χ0) is 13.4. The molecular weight excluding hydrogens is 232 g/mol. The first-order chi connectivity index (χ1) is 8.26. The van der Waals surface area contributed by atoms with E-state index in [2.05, 4.69) is 26.0 Å². The molecule has 0 bridgehead atoms. The molecule has 0 saturated carbocycles. The van der Waals surface area contributed by atoms with E-state index in [0.29, 0.717) is 0 Å². The molecule has 104 valence electrons. The summed E-state index contributed by atoms with van der Waals surface area (Å²) in [6, 6.07) is 0. The van der Waals surface area contributed by atoms with Gasteiger partial charge in [0.1, 0.15) is 0 Å². The Kier molecular flexibility index (Phi) is 20.5. The van der Waals surface area contributed by atoms with Crippen LogP contribution in [0.4, 0.5) is 0 Å². The number of allylic oxidation sites excluding steroid dienone is 2. The van der Waals surface area contributed by atoms with Gasteiger partial charge < -0.3 is 13.3 Å². The molecule has 0 rings (SSSR count). The summed E-state index contributed by atoms with van der Waals surface area (Å²) in [7, 11) is 3.05. The van der Waals surface area contributed by atoms with Crippen LogP contribution in [0.1, 0.15) is 52.4 Å². The second kappa shape index (κ2) is 18.2. The standard InChI is InChI=1S/C10H20.C3H10O3Si/c1-3-5-7-9-10-8-6-4-2;1-4-7(5-2)6-3/h3,5H,4,6-10H2,1-2H3;7H,1-3H3. The van der Waals surface area contributed by atoms with Crippen molar-refractivity contribution in [2.75, 3.05) is 21.3 Å². The molecule has 0 aromatic heterocycles. The van der Waals surface area contributed by atoms with Crippen molar-refractivity contribution in [3.8, 4) is 0 Å². The first kappa shape index (κ1) is 19.2. The molecule has 0 unspecified atom stereocenters. The van der Waals surface area contributed by atoms with Gasteiger partial charge in [0.15, 0.2) is 0 Å². The molecule has 17 heavy (non-hydrogen) atoms. The fourth-order valence-electron chi connectivity index (χ4n) is 1.32. The monoisotopic (exact) mass is 262 g/mol. The summed E-state index contributed by atoms with van der Waals surface area (Å²) < 4.78 is 14.2. The Balaban J connectivity index is 0. The van der Waals surface area contributed by atoms with E-state index in [1.165, 1.54) is 38.5 Å². The first-order valence-corrected chi connectivity index (χ1v) is 7.87. The van der Waals surface area contributed by atoms with Crippen LogP contribution in [-0.2, 0) is 13.3 Å². The second-order valence-electron chi connectivity index (χ2n) is 3.77. The molecule has 0 aliphatic rings. The van der Waals surface area contributed by atoms with Crippen LogP contribution < -0.4 is 0 Å². The van der Waals surface area contributed by atoms with Gasteiger partial charge >= 0.3 is 9.53 Å². The number of rotatable bonds is 9. The molecule has 0 saturated heterocycles. The highest BCUT2D eigenvalue weighted by Gasteiger charge is 2.04. The molecule has 0 aliphatic heterocycles. The summed E-state index contributed by atoms with van der Waals surface area (Å²) in [5.41, 5.74) is 0. The number of hydrogen-bond acceptors (Lipinski definition) is 3. The van der Waals surface area contributed by atoms with Crippen LogP contribution in [0.5, 0.6) is 0 Å². The molecule has 0 heterocycles. The highest BCUT2D eigenvalue weighted by Crippen LogP contribution is 2.04. The van der Waals surface area contributed by atoms with Crippen LogP contribution in [0.3, 0.4) is 0 Å². The van der Waals surface area contributed by atoms with E-state index in [9.17, 15) is 0 Å². The molecule has 0 radical (unpaired) electrons. The maximum atomic E-state index is 4.74. The number of unbranched alkanes of at least 4 members (excludes halogenated alkanes) is 5. The van der Waals surface area contributed by atoms with Crippen molar-refractivity contribution in [2.45, 2.75) is 52.4 Å². The lowest BCUT2D eigenvalue weighted by molar-refractivity contribution is 0.163. The Morgan fingerprint density at radius 3 is 1.76 bits per heavy atom. The van der Waals surface area contributed by atoms with Crippen LogP contribution in [0.25, 0.3) is 0 Å². The topological polar surface area (TPSA) is 27.7 Å². The summed E-state index contributed by atoms with van der Waals surface area (Å²) in [5, 5.41) is 0. The van der Waals surface area contributed by atoms with Crippen molar-refractivity contribution in [3.05, 3.63) is 12.2 Å². The Morgan fingerprint density at radius 1 is 0.882 bits per heavy atom. The zero-order valence-corrected chi connectivity index (χ0v) is 13.4. The van der Waals surface area contributed by atoms with E-state index >= 15 is 0 Å². The summed E-state index contributed by atoms with van der Waals surface area (Å²) in [6.07, 6.45) is 12.7. The predicted octanol–water partition coefficient (Wildman–Crippen LogP) is 3.57. The molecule has 0 atom stereocenters. The SMILES string of the molecule is CC=CCCCCCCC.CO[SiH](OC)OC. The smallest absolute Gasteiger partial charge is 0.379 e. The lowest BCUT2D eigenvalue weighted by Gasteiger charge is -2.05. The Labute approximate surface area is 109 Å². The second-order valence-corrected chi connectivity index (χ2v) is 5.76. The quantitative estimate of drug-likeness (QED) is 0.361. The van der Waals surface area contributed by atoms with Gasteiger partial charge in [0.2, 0.25) is 0 Å². The predicted molar refractivity (Wildman–Crippen MR) is 76.4 cm³/mol. The Morgan fingerprint density at radius 2 is 1.41 bits per heavy atom. The van der Waals surface area contributed by atoms with Gasteiger partial charge in [0.25, 0.3) is 0 Å². The maximum Gasteiger partial charge on any atom is 0.483 e. The average Bonchev–Trinajstić information content (AvgIpc) is 2.37. The summed E-state index contributed by atoms with van der Waals surface area (Å²) in [5.74, 6) is 0. The molecule has 4 heteroatoms. The molecule has 0 aliphatic carbocycles. The Bertz CT molecular complexity index is 142. The molecule has 0 N–H and O–H groups in total. The summed E-state index contributed by atoms with van der Waals surface area (Å²) in [6.45, 7) is 4.35. The summed E-state index contributed by atoms with van der Waals surface area (Å²) in [4.78, 5) is 0. The van der Waals surface area contributed by atoms with Gasteiger partial charge in [-0.2, -0.15) is 0 Å². The molecule has 0 fully saturated rings. The van der Waals surface area contributed by atoms with Crippen LogP contribution in [0, 0.1) is 0 Å².